The molecule has 1 aliphatic rings. The van der Waals surface area contributed by atoms with Gasteiger partial charge in [0.25, 0.3) is 0 Å². The molecular weight excluding hydrogens is 196 g/mol. The normalized spacial score (nSPS) is 24.0. The minimum absolute atomic E-state index is 0.642. The fourth-order valence-corrected chi connectivity index (χ4v) is 1.35. The first kappa shape index (κ1) is 12.9. The zero-order chi connectivity index (χ0) is 10.6. The molecule has 90 valence electrons. The van der Waals surface area contributed by atoms with E-state index in [0.29, 0.717) is 39.6 Å². The highest BCUT2D eigenvalue weighted by molar-refractivity contribution is 4.42. The molecular formula is C11H22O4. The molecule has 0 aromatic heterocycles. The second-order valence-electron chi connectivity index (χ2n) is 3.51. The Hall–Kier alpha value is -0.160. The summed E-state index contributed by atoms with van der Waals surface area (Å²) in [7, 11) is 0. The topological polar surface area (TPSA) is 36.9 Å². The van der Waals surface area contributed by atoms with Crippen LogP contribution >= 0.6 is 0 Å². The molecule has 1 rings (SSSR count). The fourth-order valence-electron chi connectivity index (χ4n) is 1.35. The molecule has 0 aromatic rings. The van der Waals surface area contributed by atoms with Gasteiger partial charge in [-0.25, -0.2) is 0 Å². The summed E-state index contributed by atoms with van der Waals surface area (Å²) in [5.41, 5.74) is 0. The molecule has 0 N–H and O–H groups in total. The van der Waals surface area contributed by atoms with Gasteiger partial charge in [0.05, 0.1) is 39.6 Å². The van der Waals surface area contributed by atoms with Gasteiger partial charge in [0, 0.05) is 13.2 Å². The van der Waals surface area contributed by atoms with Gasteiger partial charge in [-0.05, 0) is 19.3 Å². The van der Waals surface area contributed by atoms with Crippen molar-refractivity contribution in [3.8, 4) is 0 Å². The Balaban J connectivity index is 2.01. The highest BCUT2D eigenvalue weighted by atomic mass is 16.6. The van der Waals surface area contributed by atoms with E-state index in [-0.39, 0.29) is 0 Å². The highest BCUT2D eigenvalue weighted by Gasteiger charge is 1.95. The Morgan fingerprint density at radius 3 is 1.07 bits per heavy atom. The van der Waals surface area contributed by atoms with Crippen molar-refractivity contribution in [2.75, 3.05) is 52.9 Å². The highest BCUT2D eigenvalue weighted by Crippen LogP contribution is 1.97. The van der Waals surface area contributed by atoms with Crippen LogP contribution in [-0.2, 0) is 18.9 Å². The van der Waals surface area contributed by atoms with Crippen LogP contribution < -0.4 is 0 Å². The summed E-state index contributed by atoms with van der Waals surface area (Å²) in [5, 5.41) is 0. The molecule has 0 saturated carbocycles. The number of hydrogen-bond donors (Lipinski definition) is 0. The molecule has 0 bridgehead atoms. The summed E-state index contributed by atoms with van der Waals surface area (Å²) in [6.07, 6.45) is 3.39. The molecule has 4 nitrogen and oxygen atoms in total. The molecule has 1 aliphatic heterocycles. The summed E-state index contributed by atoms with van der Waals surface area (Å²) >= 11 is 0. The van der Waals surface area contributed by atoms with Crippen molar-refractivity contribution in [2.45, 2.75) is 19.3 Å². The van der Waals surface area contributed by atoms with Gasteiger partial charge in [-0.3, -0.25) is 0 Å². The lowest BCUT2D eigenvalue weighted by Gasteiger charge is -2.05. The average Bonchev–Trinajstić information content (AvgIpc) is 2.27. The SMILES string of the molecule is C1CCOCCOCCOCCOCC1. The van der Waals surface area contributed by atoms with Crippen LogP contribution in [-0.4, -0.2) is 52.9 Å². The third-order valence-electron chi connectivity index (χ3n) is 2.19. The largest absolute Gasteiger partial charge is 0.379 e. The lowest BCUT2D eigenvalue weighted by atomic mass is 10.2. The molecule has 0 unspecified atom stereocenters. The van der Waals surface area contributed by atoms with Crippen molar-refractivity contribution >= 4 is 0 Å². The van der Waals surface area contributed by atoms with Gasteiger partial charge in [-0.15, -0.1) is 0 Å². The van der Waals surface area contributed by atoms with Gasteiger partial charge in [-0.1, -0.05) is 0 Å². The molecule has 0 aromatic carbocycles. The van der Waals surface area contributed by atoms with E-state index < -0.39 is 0 Å². The maximum absolute atomic E-state index is 5.40. The van der Waals surface area contributed by atoms with Crippen molar-refractivity contribution in [2.24, 2.45) is 0 Å². The molecule has 4 heteroatoms. The Kier molecular flexibility index (Phi) is 8.92. The summed E-state index contributed by atoms with van der Waals surface area (Å²) in [5.74, 6) is 0. The molecule has 0 atom stereocenters. The maximum Gasteiger partial charge on any atom is 0.0701 e. The monoisotopic (exact) mass is 218 g/mol. The lowest BCUT2D eigenvalue weighted by molar-refractivity contribution is 0.000930. The van der Waals surface area contributed by atoms with Crippen LogP contribution in [0.3, 0.4) is 0 Å². The van der Waals surface area contributed by atoms with E-state index in [0.717, 1.165) is 26.1 Å². The smallest absolute Gasteiger partial charge is 0.0701 e. The van der Waals surface area contributed by atoms with Crippen molar-refractivity contribution in [3.05, 3.63) is 0 Å². The molecule has 15 heavy (non-hydrogen) atoms. The van der Waals surface area contributed by atoms with E-state index >= 15 is 0 Å². The van der Waals surface area contributed by atoms with Crippen LogP contribution in [0.25, 0.3) is 0 Å². The number of rotatable bonds is 0. The minimum atomic E-state index is 0.642. The molecule has 0 aliphatic carbocycles. The Morgan fingerprint density at radius 1 is 0.333 bits per heavy atom. The van der Waals surface area contributed by atoms with E-state index in [2.05, 4.69) is 0 Å². The van der Waals surface area contributed by atoms with E-state index in [9.17, 15) is 0 Å². The summed E-state index contributed by atoms with van der Waals surface area (Å²) in [6.45, 7) is 5.67. The van der Waals surface area contributed by atoms with Crippen LogP contribution in [0.15, 0.2) is 0 Å². The third-order valence-corrected chi connectivity index (χ3v) is 2.19. The zero-order valence-electron chi connectivity index (χ0n) is 9.41. The zero-order valence-corrected chi connectivity index (χ0v) is 9.41. The minimum Gasteiger partial charge on any atom is -0.379 e. The van der Waals surface area contributed by atoms with Crippen molar-refractivity contribution in [3.63, 3.8) is 0 Å². The first-order chi connectivity index (χ1) is 7.50. The van der Waals surface area contributed by atoms with E-state index in [4.69, 9.17) is 18.9 Å². The Labute approximate surface area is 91.8 Å². The van der Waals surface area contributed by atoms with E-state index in [1.54, 1.807) is 0 Å². The van der Waals surface area contributed by atoms with Crippen molar-refractivity contribution in [1.29, 1.82) is 0 Å². The predicted molar refractivity (Wildman–Crippen MR) is 57.1 cm³/mol. The molecule has 1 fully saturated rings. The summed E-state index contributed by atoms with van der Waals surface area (Å²) in [4.78, 5) is 0. The first-order valence-corrected chi connectivity index (χ1v) is 5.81. The van der Waals surface area contributed by atoms with Crippen molar-refractivity contribution in [1.82, 2.24) is 0 Å². The van der Waals surface area contributed by atoms with Crippen LogP contribution in [0.4, 0.5) is 0 Å². The summed E-state index contributed by atoms with van der Waals surface area (Å²) in [6, 6.07) is 0. The van der Waals surface area contributed by atoms with Gasteiger partial charge in [0.15, 0.2) is 0 Å². The van der Waals surface area contributed by atoms with Crippen LogP contribution in [0.1, 0.15) is 19.3 Å². The molecule has 0 spiro atoms. The standard InChI is InChI=1S/C11H22O4/c1-2-4-12-6-8-14-10-11-15-9-7-13-5-3-1/h1-11H2. The van der Waals surface area contributed by atoms with Crippen LogP contribution in [0.2, 0.25) is 0 Å². The fraction of sp³-hybridized carbons (Fsp3) is 1.00. The van der Waals surface area contributed by atoms with Gasteiger partial charge in [0.2, 0.25) is 0 Å². The summed E-state index contributed by atoms with van der Waals surface area (Å²) < 4.78 is 21.4. The Morgan fingerprint density at radius 2 is 0.667 bits per heavy atom. The second kappa shape index (κ2) is 10.4. The van der Waals surface area contributed by atoms with Crippen LogP contribution in [0.5, 0.6) is 0 Å². The Bertz CT molecular complexity index is 71.2. The molecule has 1 saturated heterocycles. The lowest BCUT2D eigenvalue weighted by Crippen LogP contribution is -2.11. The van der Waals surface area contributed by atoms with Gasteiger partial charge in [0.1, 0.15) is 0 Å². The molecule has 0 radical (unpaired) electrons. The number of hydrogen-bond acceptors (Lipinski definition) is 4. The number of ether oxygens (including phenoxy) is 4. The van der Waals surface area contributed by atoms with Crippen molar-refractivity contribution < 1.29 is 18.9 Å². The quantitative estimate of drug-likeness (QED) is 0.613. The van der Waals surface area contributed by atoms with Crippen LogP contribution in [0, 0.1) is 0 Å². The molecule has 0 amide bonds. The predicted octanol–water partition coefficient (Wildman–Crippen LogP) is 1.24. The van der Waals surface area contributed by atoms with Gasteiger partial charge in [-0.2, -0.15) is 0 Å². The molecule has 1 heterocycles. The second-order valence-corrected chi connectivity index (χ2v) is 3.51. The average molecular weight is 218 g/mol. The van der Waals surface area contributed by atoms with Gasteiger partial charge >= 0.3 is 0 Å². The third kappa shape index (κ3) is 8.81. The maximum atomic E-state index is 5.40. The van der Waals surface area contributed by atoms with E-state index in [1.165, 1.54) is 6.42 Å². The van der Waals surface area contributed by atoms with E-state index in [1.807, 2.05) is 0 Å². The van der Waals surface area contributed by atoms with Gasteiger partial charge < -0.3 is 18.9 Å². The first-order valence-electron chi connectivity index (χ1n) is 5.81.